The lowest BCUT2D eigenvalue weighted by atomic mass is 9.98. The van der Waals surface area contributed by atoms with Gasteiger partial charge in [-0.1, -0.05) is 0 Å². The van der Waals surface area contributed by atoms with E-state index in [4.69, 9.17) is 0 Å². The predicted molar refractivity (Wildman–Crippen MR) is 83.1 cm³/mol. The third-order valence-corrected chi connectivity index (χ3v) is 4.05. The van der Waals surface area contributed by atoms with Crippen molar-refractivity contribution < 1.29 is 9.59 Å². The highest BCUT2D eigenvalue weighted by Crippen LogP contribution is 2.30. The zero-order chi connectivity index (χ0) is 16.1. The maximum Gasteiger partial charge on any atom is 0.220 e. The molecule has 1 aromatic rings. The molecule has 1 aromatic heterocycles. The molecule has 1 aliphatic heterocycles. The van der Waals surface area contributed by atoms with Crippen LogP contribution >= 0.6 is 0 Å². The van der Waals surface area contributed by atoms with E-state index < -0.39 is 0 Å². The van der Waals surface area contributed by atoms with Gasteiger partial charge in [0, 0.05) is 32.6 Å². The van der Waals surface area contributed by atoms with E-state index in [1.54, 1.807) is 14.0 Å². The molecule has 1 N–H and O–H groups in total. The van der Waals surface area contributed by atoms with Crippen molar-refractivity contribution in [2.24, 2.45) is 0 Å². The van der Waals surface area contributed by atoms with Gasteiger partial charge in [-0.25, -0.2) is 9.97 Å². The molecule has 0 aliphatic carbocycles. The van der Waals surface area contributed by atoms with Gasteiger partial charge in [0.1, 0.15) is 5.82 Å². The number of hydrogen-bond acceptors (Lipinski definition) is 4. The molecule has 6 nitrogen and oxygen atoms in total. The summed E-state index contributed by atoms with van der Waals surface area (Å²) < 4.78 is 0. The third-order valence-electron chi connectivity index (χ3n) is 4.05. The lowest BCUT2D eigenvalue weighted by Gasteiger charge is -2.34. The van der Waals surface area contributed by atoms with Crippen molar-refractivity contribution in [3.8, 4) is 0 Å². The van der Waals surface area contributed by atoms with E-state index in [0.717, 1.165) is 37.2 Å². The predicted octanol–water partition coefficient (Wildman–Crippen LogP) is 1.54. The number of hydrogen-bond donors (Lipinski definition) is 1. The lowest BCUT2D eigenvalue weighted by molar-refractivity contribution is -0.132. The van der Waals surface area contributed by atoms with Gasteiger partial charge in [0.2, 0.25) is 11.8 Å². The van der Waals surface area contributed by atoms with Gasteiger partial charge in [-0.05, 0) is 38.7 Å². The number of piperidine rings is 1. The Labute approximate surface area is 131 Å². The highest BCUT2D eigenvalue weighted by Gasteiger charge is 2.27. The van der Waals surface area contributed by atoms with Crippen LogP contribution in [0.2, 0.25) is 0 Å². The average molecular weight is 304 g/mol. The molecule has 2 amide bonds. The van der Waals surface area contributed by atoms with Crippen molar-refractivity contribution in [3.63, 3.8) is 0 Å². The van der Waals surface area contributed by atoms with Crippen LogP contribution < -0.4 is 5.32 Å². The molecule has 0 spiro atoms. The van der Waals surface area contributed by atoms with Crippen LogP contribution in [0.25, 0.3) is 0 Å². The van der Waals surface area contributed by atoms with Crippen LogP contribution in [0.15, 0.2) is 6.07 Å². The summed E-state index contributed by atoms with van der Waals surface area (Å²) in [6, 6.07) is 1.98. The van der Waals surface area contributed by atoms with Gasteiger partial charge in [-0.3, -0.25) is 9.59 Å². The molecule has 1 fully saturated rings. The summed E-state index contributed by atoms with van der Waals surface area (Å²) in [5.41, 5.74) is 1.76. The van der Waals surface area contributed by atoms with Crippen LogP contribution in [0, 0.1) is 6.92 Å². The number of nitrogens with zero attached hydrogens (tertiary/aromatic N) is 3. The van der Waals surface area contributed by atoms with Gasteiger partial charge in [-0.2, -0.15) is 0 Å². The third kappa shape index (κ3) is 4.02. The summed E-state index contributed by atoms with van der Waals surface area (Å²) in [4.78, 5) is 34.1. The zero-order valence-corrected chi connectivity index (χ0v) is 13.6. The molecule has 2 rings (SSSR count). The molecule has 0 saturated carbocycles. The van der Waals surface area contributed by atoms with Gasteiger partial charge in [-0.15, -0.1) is 0 Å². The lowest BCUT2D eigenvalue weighted by Crippen LogP contribution is -2.37. The number of rotatable bonds is 4. The molecule has 1 unspecified atom stereocenters. The van der Waals surface area contributed by atoms with E-state index in [-0.39, 0.29) is 17.9 Å². The number of aryl methyl sites for hydroxylation is 2. The number of carbonyl (C=O) groups excluding carboxylic acids is 2. The Bertz CT molecular complexity index is 559. The van der Waals surface area contributed by atoms with Gasteiger partial charge >= 0.3 is 0 Å². The number of aromatic nitrogens is 2. The molecular formula is C16H24N4O2. The Balaban J connectivity index is 2.20. The Morgan fingerprint density at radius 1 is 1.36 bits per heavy atom. The fraction of sp³-hybridized carbons (Fsp3) is 0.625. The second-order valence-electron chi connectivity index (χ2n) is 5.73. The zero-order valence-electron chi connectivity index (χ0n) is 13.6. The van der Waals surface area contributed by atoms with E-state index in [9.17, 15) is 9.59 Å². The maximum absolute atomic E-state index is 11.8. The first-order valence-electron chi connectivity index (χ1n) is 7.83. The molecule has 1 aliphatic rings. The number of nitrogens with one attached hydrogen (secondary N) is 1. The minimum absolute atomic E-state index is 0.000782. The van der Waals surface area contributed by atoms with E-state index >= 15 is 0 Å². The number of amides is 2. The first-order chi connectivity index (χ1) is 10.5. The standard InChI is InChI=1S/C16H24N4O2/c1-11-18-13(7-8-16(22)17-3)10-14(19-11)15-6-4-5-9-20(15)12(2)21/h10,15H,4-9H2,1-3H3,(H,17,22). The maximum atomic E-state index is 11.8. The SMILES string of the molecule is CNC(=O)CCc1cc(C2CCCCN2C(C)=O)nc(C)n1. The molecule has 2 heterocycles. The van der Waals surface area contributed by atoms with Crippen LogP contribution in [0.5, 0.6) is 0 Å². The highest BCUT2D eigenvalue weighted by molar-refractivity contribution is 5.75. The number of likely N-dealkylation sites (tertiary alicyclic amines) is 1. The second kappa shape index (κ2) is 7.33. The van der Waals surface area contributed by atoms with Gasteiger partial charge < -0.3 is 10.2 Å². The van der Waals surface area contributed by atoms with Crippen molar-refractivity contribution in [1.29, 1.82) is 0 Å². The Morgan fingerprint density at radius 2 is 2.14 bits per heavy atom. The van der Waals surface area contributed by atoms with E-state index in [2.05, 4.69) is 15.3 Å². The molecular weight excluding hydrogens is 280 g/mol. The fourth-order valence-electron chi connectivity index (χ4n) is 2.94. The van der Waals surface area contributed by atoms with Gasteiger partial charge in [0.05, 0.1) is 11.7 Å². The highest BCUT2D eigenvalue weighted by atomic mass is 16.2. The summed E-state index contributed by atoms with van der Waals surface area (Å²) in [5.74, 6) is 0.784. The van der Waals surface area contributed by atoms with Crippen molar-refractivity contribution in [1.82, 2.24) is 20.2 Å². The van der Waals surface area contributed by atoms with Crippen LogP contribution in [-0.2, 0) is 16.0 Å². The molecule has 0 bridgehead atoms. The summed E-state index contributed by atoms with van der Waals surface area (Å²) in [5, 5.41) is 2.61. The fourth-order valence-corrected chi connectivity index (χ4v) is 2.94. The summed E-state index contributed by atoms with van der Waals surface area (Å²) in [7, 11) is 1.63. The molecule has 6 heteroatoms. The largest absolute Gasteiger partial charge is 0.359 e. The van der Waals surface area contributed by atoms with Crippen molar-refractivity contribution >= 4 is 11.8 Å². The molecule has 1 atom stereocenters. The quantitative estimate of drug-likeness (QED) is 0.915. The van der Waals surface area contributed by atoms with Gasteiger partial charge in [0.25, 0.3) is 0 Å². The van der Waals surface area contributed by atoms with Crippen LogP contribution in [0.3, 0.4) is 0 Å². The molecule has 0 radical (unpaired) electrons. The second-order valence-corrected chi connectivity index (χ2v) is 5.73. The van der Waals surface area contributed by atoms with Crippen LogP contribution in [0.4, 0.5) is 0 Å². The first-order valence-corrected chi connectivity index (χ1v) is 7.83. The molecule has 22 heavy (non-hydrogen) atoms. The van der Waals surface area contributed by atoms with Gasteiger partial charge in [0.15, 0.2) is 0 Å². The Hall–Kier alpha value is -1.98. The van der Waals surface area contributed by atoms with Crippen LogP contribution in [0.1, 0.15) is 55.9 Å². The molecule has 0 aromatic carbocycles. The van der Waals surface area contributed by atoms with Crippen molar-refractivity contribution in [2.75, 3.05) is 13.6 Å². The Kier molecular flexibility index (Phi) is 5.46. The summed E-state index contributed by atoms with van der Waals surface area (Å²) in [6.45, 7) is 4.25. The van der Waals surface area contributed by atoms with E-state index in [1.165, 1.54) is 0 Å². The summed E-state index contributed by atoms with van der Waals surface area (Å²) in [6.07, 6.45) is 4.08. The molecule has 120 valence electrons. The smallest absolute Gasteiger partial charge is 0.220 e. The Morgan fingerprint density at radius 3 is 2.82 bits per heavy atom. The average Bonchev–Trinajstić information content (AvgIpc) is 2.52. The topological polar surface area (TPSA) is 75.2 Å². The van der Waals surface area contributed by atoms with Crippen molar-refractivity contribution in [2.45, 2.75) is 52.0 Å². The minimum Gasteiger partial charge on any atom is -0.359 e. The van der Waals surface area contributed by atoms with Crippen molar-refractivity contribution in [3.05, 3.63) is 23.3 Å². The van der Waals surface area contributed by atoms with E-state index in [0.29, 0.717) is 18.7 Å². The number of carbonyl (C=O) groups is 2. The molecule has 1 saturated heterocycles. The first kappa shape index (κ1) is 16.4. The van der Waals surface area contributed by atoms with E-state index in [1.807, 2.05) is 17.9 Å². The van der Waals surface area contributed by atoms with Crippen LogP contribution in [-0.4, -0.2) is 40.3 Å². The summed E-state index contributed by atoms with van der Waals surface area (Å²) >= 11 is 0. The minimum atomic E-state index is 0.000782. The monoisotopic (exact) mass is 304 g/mol. The normalized spacial score (nSPS) is 18.1.